The fourth-order valence-corrected chi connectivity index (χ4v) is 4.64. The van der Waals surface area contributed by atoms with Crippen LogP contribution in [0.4, 0.5) is 0 Å². The number of piperidine rings is 1. The van der Waals surface area contributed by atoms with E-state index < -0.39 is 0 Å². The van der Waals surface area contributed by atoms with E-state index in [-0.39, 0.29) is 0 Å². The van der Waals surface area contributed by atoms with Crippen molar-refractivity contribution in [2.45, 2.75) is 69.1 Å². The molecule has 110 valence electrons. The van der Waals surface area contributed by atoms with Gasteiger partial charge in [0.1, 0.15) is 0 Å². The number of fused-ring (bicyclic) bond motifs is 1. The Morgan fingerprint density at radius 1 is 1.05 bits per heavy atom. The zero-order chi connectivity index (χ0) is 13.4. The number of aromatic nitrogens is 2. The second-order valence-corrected chi connectivity index (χ2v) is 6.83. The minimum atomic E-state index is 0.624. The molecule has 4 rings (SSSR count). The molecule has 3 aliphatic rings. The molecule has 20 heavy (non-hydrogen) atoms. The average Bonchev–Trinajstić information content (AvgIpc) is 3.19. The number of rotatable bonds is 3. The first-order valence-electron chi connectivity index (χ1n) is 8.38. The Morgan fingerprint density at radius 3 is 2.95 bits per heavy atom. The molecular formula is C16H26N4. The zero-order valence-corrected chi connectivity index (χ0v) is 12.2. The first kappa shape index (κ1) is 12.8. The molecule has 2 saturated heterocycles. The van der Waals surface area contributed by atoms with Crippen molar-refractivity contribution in [1.29, 1.82) is 0 Å². The van der Waals surface area contributed by atoms with Crippen molar-refractivity contribution in [3.8, 4) is 0 Å². The number of hydrogen-bond donors (Lipinski definition) is 1. The van der Waals surface area contributed by atoms with E-state index >= 15 is 0 Å². The van der Waals surface area contributed by atoms with Crippen LogP contribution in [0.1, 0.15) is 51.0 Å². The van der Waals surface area contributed by atoms with Crippen LogP contribution in [0.3, 0.4) is 0 Å². The van der Waals surface area contributed by atoms with Crippen molar-refractivity contribution in [2.24, 2.45) is 0 Å². The first-order valence-corrected chi connectivity index (χ1v) is 8.38. The Bertz CT molecular complexity index is 430. The van der Waals surface area contributed by atoms with Gasteiger partial charge >= 0.3 is 0 Å². The SMILES string of the molecule is c1cn(C2CCCC2NC2CCN3CCCC3C2)cn1. The molecule has 1 saturated carbocycles. The number of imidazole rings is 1. The van der Waals surface area contributed by atoms with E-state index in [1.807, 2.05) is 12.5 Å². The fraction of sp³-hybridized carbons (Fsp3) is 0.812. The monoisotopic (exact) mass is 274 g/mol. The third-order valence-corrected chi connectivity index (χ3v) is 5.66. The molecule has 4 heteroatoms. The number of nitrogens with one attached hydrogen (secondary N) is 1. The van der Waals surface area contributed by atoms with Gasteiger partial charge in [0.25, 0.3) is 0 Å². The molecule has 0 amide bonds. The molecule has 2 aliphatic heterocycles. The Hall–Kier alpha value is -0.870. The summed E-state index contributed by atoms with van der Waals surface area (Å²) in [5.74, 6) is 0. The van der Waals surface area contributed by atoms with E-state index in [0.29, 0.717) is 12.1 Å². The Morgan fingerprint density at radius 2 is 2.05 bits per heavy atom. The van der Waals surface area contributed by atoms with Crippen LogP contribution < -0.4 is 5.32 Å². The van der Waals surface area contributed by atoms with Crippen molar-refractivity contribution >= 4 is 0 Å². The van der Waals surface area contributed by atoms with Gasteiger partial charge in [-0.05, 0) is 58.0 Å². The van der Waals surface area contributed by atoms with Gasteiger partial charge in [-0.1, -0.05) is 0 Å². The summed E-state index contributed by atoms with van der Waals surface area (Å²) >= 11 is 0. The smallest absolute Gasteiger partial charge is 0.0949 e. The standard InChI is InChI=1S/C16H26N4/c1-4-15(16(5-1)20-10-7-17-12-20)18-13-6-9-19-8-2-3-14(19)11-13/h7,10,12-16,18H,1-6,8-9,11H2. The highest BCUT2D eigenvalue weighted by Crippen LogP contribution is 2.32. The lowest BCUT2D eigenvalue weighted by Crippen LogP contribution is -2.49. The zero-order valence-electron chi connectivity index (χ0n) is 12.2. The van der Waals surface area contributed by atoms with Crippen molar-refractivity contribution in [1.82, 2.24) is 19.8 Å². The van der Waals surface area contributed by atoms with E-state index in [2.05, 4.69) is 26.0 Å². The number of nitrogens with zero attached hydrogens (tertiary/aromatic N) is 3. The lowest BCUT2D eigenvalue weighted by molar-refractivity contribution is 0.156. The van der Waals surface area contributed by atoms with E-state index in [0.717, 1.165) is 12.1 Å². The lowest BCUT2D eigenvalue weighted by atomic mass is 9.96. The Labute approximate surface area is 121 Å². The molecule has 3 heterocycles. The predicted molar refractivity (Wildman–Crippen MR) is 79.7 cm³/mol. The van der Waals surface area contributed by atoms with Crippen LogP contribution in [-0.2, 0) is 0 Å². The molecule has 4 nitrogen and oxygen atoms in total. The van der Waals surface area contributed by atoms with Gasteiger partial charge in [-0.25, -0.2) is 4.98 Å². The fourth-order valence-electron chi connectivity index (χ4n) is 4.64. The van der Waals surface area contributed by atoms with Crippen LogP contribution in [0.15, 0.2) is 18.7 Å². The van der Waals surface area contributed by atoms with Crippen LogP contribution in [0.5, 0.6) is 0 Å². The van der Waals surface area contributed by atoms with Crippen LogP contribution in [-0.4, -0.2) is 45.7 Å². The van der Waals surface area contributed by atoms with E-state index in [1.54, 1.807) is 0 Å². The van der Waals surface area contributed by atoms with Gasteiger partial charge in [0.05, 0.1) is 6.33 Å². The van der Waals surface area contributed by atoms with Crippen LogP contribution in [0, 0.1) is 0 Å². The molecule has 0 aromatic carbocycles. The van der Waals surface area contributed by atoms with Gasteiger partial charge in [-0.15, -0.1) is 0 Å². The summed E-state index contributed by atoms with van der Waals surface area (Å²) in [7, 11) is 0. The van der Waals surface area contributed by atoms with Gasteiger partial charge in [0, 0.05) is 36.6 Å². The minimum absolute atomic E-state index is 0.624. The molecule has 1 aromatic rings. The minimum Gasteiger partial charge on any atom is -0.333 e. The maximum Gasteiger partial charge on any atom is 0.0949 e. The molecule has 1 aliphatic carbocycles. The summed E-state index contributed by atoms with van der Waals surface area (Å²) in [4.78, 5) is 6.93. The second kappa shape index (κ2) is 5.49. The summed E-state index contributed by atoms with van der Waals surface area (Å²) in [6.45, 7) is 2.66. The van der Waals surface area contributed by atoms with Crippen molar-refractivity contribution in [3.05, 3.63) is 18.7 Å². The highest BCUT2D eigenvalue weighted by atomic mass is 15.2. The summed E-state index contributed by atoms with van der Waals surface area (Å²) in [5, 5.41) is 3.99. The van der Waals surface area contributed by atoms with Gasteiger partial charge in [0.2, 0.25) is 0 Å². The van der Waals surface area contributed by atoms with Crippen LogP contribution >= 0.6 is 0 Å². The Kier molecular flexibility index (Phi) is 3.52. The molecule has 1 N–H and O–H groups in total. The third-order valence-electron chi connectivity index (χ3n) is 5.66. The number of hydrogen-bond acceptors (Lipinski definition) is 3. The van der Waals surface area contributed by atoms with E-state index in [4.69, 9.17) is 0 Å². The molecule has 0 radical (unpaired) electrons. The molecule has 3 fully saturated rings. The van der Waals surface area contributed by atoms with Gasteiger partial charge in [0.15, 0.2) is 0 Å². The molecule has 1 aromatic heterocycles. The van der Waals surface area contributed by atoms with E-state index in [9.17, 15) is 0 Å². The van der Waals surface area contributed by atoms with Gasteiger partial charge in [-0.3, -0.25) is 0 Å². The quantitative estimate of drug-likeness (QED) is 0.917. The maximum absolute atomic E-state index is 4.22. The lowest BCUT2D eigenvalue weighted by Gasteiger charge is -2.37. The van der Waals surface area contributed by atoms with Gasteiger partial charge < -0.3 is 14.8 Å². The summed E-state index contributed by atoms with van der Waals surface area (Å²) in [5.41, 5.74) is 0. The van der Waals surface area contributed by atoms with Crippen molar-refractivity contribution in [3.63, 3.8) is 0 Å². The van der Waals surface area contributed by atoms with Crippen LogP contribution in [0.25, 0.3) is 0 Å². The second-order valence-electron chi connectivity index (χ2n) is 6.83. The summed E-state index contributed by atoms with van der Waals surface area (Å²) in [6, 6.07) is 2.89. The van der Waals surface area contributed by atoms with Crippen LogP contribution in [0.2, 0.25) is 0 Å². The molecular weight excluding hydrogens is 248 g/mol. The summed E-state index contributed by atoms with van der Waals surface area (Å²) in [6.07, 6.45) is 15.6. The predicted octanol–water partition coefficient (Wildman–Crippen LogP) is 2.19. The average molecular weight is 274 g/mol. The Balaban J connectivity index is 1.38. The summed E-state index contributed by atoms with van der Waals surface area (Å²) < 4.78 is 2.31. The highest BCUT2D eigenvalue weighted by molar-refractivity contribution is 4.96. The molecule has 4 atom stereocenters. The largest absolute Gasteiger partial charge is 0.333 e. The van der Waals surface area contributed by atoms with Crippen molar-refractivity contribution in [2.75, 3.05) is 13.1 Å². The topological polar surface area (TPSA) is 33.1 Å². The third kappa shape index (κ3) is 2.40. The normalized spacial score (nSPS) is 38.2. The maximum atomic E-state index is 4.22. The molecule has 0 spiro atoms. The highest BCUT2D eigenvalue weighted by Gasteiger charge is 2.35. The molecule has 4 unspecified atom stereocenters. The molecule has 0 bridgehead atoms. The van der Waals surface area contributed by atoms with Gasteiger partial charge in [-0.2, -0.15) is 0 Å². The first-order chi connectivity index (χ1) is 9.90. The van der Waals surface area contributed by atoms with E-state index in [1.165, 1.54) is 58.0 Å². The van der Waals surface area contributed by atoms with Crippen molar-refractivity contribution < 1.29 is 0 Å².